The van der Waals surface area contributed by atoms with E-state index < -0.39 is 10.0 Å². The molecule has 2 aromatic carbocycles. The third-order valence-electron chi connectivity index (χ3n) is 4.98. The molecule has 1 fully saturated rings. The highest BCUT2D eigenvalue weighted by molar-refractivity contribution is 7.89. The molecule has 1 aliphatic rings. The van der Waals surface area contributed by atoms with Gasteiger partial charge in [-0.15, -0.1) is 0 Å². The van der Waals surface area contributed by atoms with Crippen LogP contribution in [0.3, 0.4) is 0 Å². The fourth-order valence-electron chi connectivity index (χ4n) is 3.29. The highest BCUT2D eigenvalue weighted by Crippen LogP contribution is 2.21. The van der Waals surface area contributed by atoms with Gasteiger partial charge < -0.3 is 9.47 Å². The van der Waals surface area contributed by atoms with Gasteiger partial charge in [-0.25, -0.2) is 8.42 Å². The zero-order chi connectivity index (χ0) is 21.4. The molecule has 0 radical (unpaired) electrons. The number of piperazine rings is 1. The first kappa shape index (κ1) is 22.2. The molecule has 1 saturated heterocycles. The summed E-state index contributed by atoms with van der Waals surface area (Å²) in [4.78, 5) is 2.50. The molecule has 0 N–H and O–H groups in total. The van der Waals surface area contributed by atoms with Gasteiger partial charge in [0, 0.05) is 39.3 Å². The second-order valence-electron chi connectivity index (χ2n) is 7.01. The Bertz CT molecular complexity index is 945. The van der Waals surface area contributed by atoms with Gasteiger partial charge in [-0.3, -0.25) is 4.90 Å². The zero-order valence-corrected chi connectivity index (χ0v) is 18.0. The maximum absolute atomic E-state index is 12.9. The van der Waals surface area contributed by atoms with Gasteiger partial charge >= 0.3 is 0 Å². The minimum atomic E-state index is -3.52. The van der Waals surface area contributed by atoms with Gasteiger partial charge in [-0.05, 0) is 48.9 Å². The lowest BCUT2D eigenvalue weighted by molar-refractivity contribution is 0.110. The molecular weight excluding hydrogens is 402 g/mol. The lowest BCUT2D eigenvalue weighted by Crippen LogP contribution is -2.48. The molecular formula is C22H27N3O4S. The highest BCUT2D eigenvalue weighted by Gasteiger charge is 2.28. The van der Waals surface area contributed by atoms with Gasteiger partial charge in [-0.2, -0.15) is 9.57 Å². The van der Waals surface area contributed by atoms with Gasteiger partial charge in [0.25, 0.3) is 0 Å². The van der Waals surface area contributed by atoms with Crippen LogP contribution in [0.5, 0.6) is 5.75 Å². The highest BCUT2D eigenvalue weighted by atomic mass is 32.2. The Balaban J connectivity index is 1.53. The van der Waals surface area contributed by atoms with Crippen LogP contribution in [0.15, 0.2) is 53.4 Å². The summed E-state index contributed by atoms with van der Waals surface area (Å²) in [6.07, 6.45) is 0. The van der Waals surface area contributed by atoms with E-state index in [4.69, 9.17) is 14.7 Å². The third kappa shape index (κ3) is 5.80. The van der Waals surface area contributed by atoms with Crippen molar-refractivity contribution in [1.29, 1.82) is 5.26 Å². The number of nitrogens with zero attached hydrogens (tertiary/aromatic N) is 3. The van der Waals surface area contributed by atoms with Crippen LogP contribution < -0.4 is 4.74 Å². The van der Waals surface area contributed by atoms with E-state index in [0.29, 0.717) is 57.3 Å². The summed E-state index contributed by atoms with van der Waals surface area (Å²) < 4.78 is 38.2. The number of benzene rings is 2. The maximum Gasteiger partial charge on any atom is 0.243 e. The van der Waals surface area contributed by atoms with Gasteiger partial charge in [0.05, 0.1) is 23.1 Å². The normalized spacial score (nSPS) is 15.6. The Morgan fingerprint density at radius 2 is 1.63 bits per heavy atom. The van der Waals surface area contributed by atoms with Crippen molar-refractivity contribution in [2.45, 2.75) is 18.4 Å². The van der Waals surface area contributed by atoms with Crippen LogP contribution in [0.2, 0.25) is 0 Å². The standard InChI is InChI=1S/C22H27N3O4S/c1-2-28-15-16-29-21-7-9-22(10-8-21)30(26,27)25-13-11-24(12-14-25)18-20-5-3-19(17-23)4-6-20/h3-10H,2,11-16,18H2,1H3. The molecule has 0 spiro atoms. The summed E-state index contributed by atoms with van der Waals surface area (Å²) in [7, 11) is -3.52. The summed E-state index contributed by atoms with van der Waals surface area (Å²) in [5.74, 6) is 0.626. The molecule has 0 bridgehead atoms. The first-order valence-electron chi connectivity index (χ1n) is 10.0. The Labute approximate surface area is 178 Å². The van der Waals surface area contributed by atoms with Crippen LogP contribution in [0, 0.1) is 11.3 Å². The molecule has 3 rings (SSSR count). The van der Waals surface area contributed by atoms with Gasteiger partial charge in [0.1, 0.15) is 12.4 Å². The smallest absolute Gasteiger partial charge is 0.243 e. The number of hydrogen-bond acceptors (Lipinski definition) is 6. The van der Waals surface area contributed by atoms with Crippen LogP contribution in [0.4, 0.5) is 0 Å². The third-order valence-corrected chi connectivity index (χ3v) is 6.90. The van der Waals surface area contributed by atoms with E-state index in [-0.39, 0.29) is 4.90 Å². The van der Waals surface area contributed by atoms with Crippen LogP contribution in [0.1, 0.15) is 18.1 Å². The molecule has 0 unspecified atom stereocenters. The molecule has 0 saturated carbocycles. The molecule has 0 amide bonds. The van der Waals surface area contributed by atoms with Crippen molar-refractivity contribution in [2.75, 3.05) is 46.0 Å². The van der Waals surface area contributed by atoms with Gasteiger partial charge in [-0.1, -0.05) is 12.1 Å². The average Bonchev–Trinajstić information content (AvgIpc) is 2.78. The molecule has 30 heavy (non-hydrogen) atoms. The predicted octanol–water partition coefficient (Wildman–Crippen LogP) is 2.48. The van der Waals surface area contributed by atoms with E-state index >= 15 is 0 Å². The Hall–Kier alpha value is -2.44. The van der Waals surface area contributed by atoms with E-state index in [1.165, 1.54) is 4.31 Å². The molecule has 1 heterocycles. The van der Waals surface area contributed by atoms with Crippen molar-refractivity contribution in [1.82, 2.24) is 9.21 Å². The Morgan fingerprint density at radius 3 is 2.23 bits per heavy atom. The van der Waals surface area contributed by atoms with Crippen molar-refractivity contribution in [2.24, 2.45) is 0 Å². The summed E-state index contributed by atoms with van der Waals surface area (Å²) in [5, 5.41) is 8.89. The topological polar surface area (TPSA) is 82.9 Å². The number of sulfonamides is 1. The number of hydrogen-bond donors (Lipinski definition) is 0. The first-order valence-corrected chi connectivity index (χ1v) is 11.5. The molecule has 160 valence electrons. The summed E-state index contributed by atoms with van der Waals surface area (Å²) in [6.45, 7) is 6.47. The van der Waals surface area contributed by atoms with Crippen LogP contribution in [-0.2, 0) is 21.3 Å². The maximum atomic E-state index is 12.9. The largest absolute Gasteiger partial charge is 0.491 e. The fourth-order valence-corrected chi connectivity index (χ4v) is 4.71. The summed E-state index contributed by atoms with van der Waals surface area (Å²) >= 11 is 0. The quantitative estimate of drug-likeness (QED) is 0.570. The van der Waals surface area contributed by atoms with Crippen molar-refractivity contribution >= 4 is 10.0 Å². The predicted molar refractivity (Wildman–Crippen MR) is 114 cm³/mol. The number of nitriles is 1. The van der Waals surface area contributed by atoms with Crippen LogP contribution >= 0.6 is 0 Å². The molecule has 2 aromatic rings. The minimum Gasteiger partial charge on any atom is -0.491 e. The molecule has 8 heteroatoms. The summed E-state index contributed by atoms with van der Waals surface area (Å²) in [5.41, 5.74) is 1.76. The number of ether oxygens (including phenoxy) is 2. The molecule has 0 atom stereocenters. The van der Waals surface area contributed by atoms with E-state index in [1.54, 1.807) is 36.4 Å². The second kappa shape index (κ2) is 10.5. The lowest BCUT2D eigenvalue weighted by atomic mass is 10.1. The van der Waals surface area contributed by atoms with Gasteiger partial charge in [0.2, 0.25) is 10.0 Å². The van der Waals surface area contributed by atoms with Crippen molar-refractivity contribution in [3.05, 3.63) is 59.7 Å². The van der Waals surface area contributed by atoms with Gasteiger partial charge in [0.15, 0.2) is 0 Å². The Kier molecular flexibility index (Phi) is 7.82. The molecule has 0 aliphatic carbocycles. The molecule has 7 nitrogen and oxygen atoms in total. The van der Waals surface area contributed by atoms with E-state index in [1.807, 2.05) is 19.1 Å². The zero-order valence-electron chi connectivity index (χ0n) is 17.2. The van der Waals surface area contributed by atoms with E-state index in [0.717, 1.165) is 12.1 Å². The average molecular weight is 430 g/mol. The first-order chi connectivity index (χ1) is 14.5. The summed E-state index contributed by atoms with van der Waals surface area (Å²) in [6, 6.07) is 16.2. The SMILES string of the molecule is CCOCCOc1ccc(S(=O)(=O)N2CCN(Cc3ccc(C#N)cc3)CC2)cc1. The van der Waals surface area contributed by atoms with E-state index in [2.05, 4.69) is 11.0 Å². The minimum absolute atomic E-state index is 0.278. The number of rotatable bonds is 9. The van der Waals surface area contributed by atoms with Crippen molar-refractivity contribution < 1.29 is 17.9 Å². The molecule has 1 aliphatic heterocycles. The molecule has 0 aromatic heterocycles. The van der Waals surface area contributed by atoms with Crippen molar-refractivity contribution in [3.63, 3.8) is 0 Å². The van der Waals surface area contributed by atoms with Crippen LogP contribution in [0.25, 0.3) is 0 Å². The monoisotopic (exact) mass is 429 g/mol. The van der Waals surface area contributed by atoms with Crippen LogP contribution in [-0.4, -0.2) is 63.6 Å². The van der Waals surface area contributed by atoms with E-state index in [9.17, 15) is 8.42 Å². The fraction of sp³-hybridized carbons (Fsp3) is 0.409. The Morgan fingerprint density at radius 1 is 0.967 bits per heavy atom. The lowest BCUT2D eigenvalue weighted by Gasteiger charge is -2.34. The second-order valence-corrected chi connectivity index (χ2v) is 8.94. The van der Waals surface area contributed by atoms with Crippen molar-refractivity contribution in [3.8, 4) is 11.8 Å².